The molecule has 10 heteroatoms. The number of hydrogen-bond acceptors (Lipinski definition) is 5. The van der Waals surface area contributed by atoms with E-state index in [1.807, 2.05) is 44.2 Å². The smallest absolute Gasteiger partial charge is 0.244 e. The second-order valence-corrected chi connectivity index (χ2v) is 12.0. The summed E-state index contributed by atoms with van der Waals surface area (Å²) in [5, 5.41) is 3.36. The van der Waals surface area contributed by atoms with Gasteiger partial charge in [-0.05, 0) is 50.1 Å². The molecule has 0 aliphatic heterocycles. The highest BCUT2D eigenvalue weighted by molar-refractivity contribution is 7.92. The first-order valence-electron chi connectivity index (χ1n) is 13.1. The van der Waals surface area contributed by atoms with E-state index in [9.17, 15) is 18.0 Å². The summed E-state index contributed by atoms with van der Waals surface area (Å²) in [5.74, 6) is -0.573. The molecule has 1 N–H and O–H groups in total. The predicted molar refractivity (Wildman–Crippen MR) is 159 cm³/mol. The number of benzene rings is 3. The van der Waals surface area contributed by atoms with E-state index >= 15 is 0 Å². The van der Waals surface area contributed by atoms with Crippen molar-refractivity contribution in [1.29, 1.82) is 0 Å². The summed E-state index contributed by atoms with van der Waals surface area (Å²) < 4.78 is 32.7. The summed E-state index contributed by atoms with van der Waals surface area (Å²) in [7, 11) is -3.91. The zero-order valence-electron chi connectivity index (χ0n) is 23.2. The van der Waals surface area contributed by atoms with Crippen LogP contribution in [0.5, 0.6) is 5.75 Å². The second-order valence-electron chi connectivity index (χ2n) is 9.65. The van der Waals surface area contributed by atoms with Crippen molar-refractivity contribution in [3.05, 3.63) is 95.0 Å². The molecule has 3 aromatic rings. The van der Waals surface area contributed by atoms with Crippen molar-refractivity contribution in [2.75, 3.05) is 23.7 Å². The van der Waals surface area contributed by atoms with Crippen LogP contribution in [0.25, 0.3) is 0 Å². The fourth-order valence-corrected chi connectivity index (χ4v) is 5.33. The van der Waals surface area contributed by atoms with Crippen LogP contribution in [0.4, 0.5) is 5.69 Å². The SMILES string of the molecule is CCOc1ccccc1N(CC(=O)N(Cc1ccccc1Cl)[C@H](Cc1ccccc1)C(=O)NC(C)C)S(C)(=O)=O. The van der Waals surface area contributed by atoms with Gasteiger partial charge in [-0.1, -0.05) is 72.3 Å². The van der Waals surface area contributed by atoms with Crippen LogP contribution in [0.2, 0.25) is 5.02 Å². The molecule has 0 saturated heterocycles. The highest BCUT2D eigenvalue weighted by atomic mass is 35.5. The Labute approximate surface area is 241 Å². The molecule has 8 nitrogen and oxygen atoms in total. The molecule has 1 atom stereocenters. The summed E-state index contributed by atoms with van der Waals surface area (Å²) in [5.41, 5.74) is 1.72. The van der Waals surface area contributed by atoms with E-state index in [1.54, 1.807) is 55.5 Å². The summed E-state index contributed by atoms with van der Waals surface area (Å²) in [4.78, 5) is 29.1. The maximum atomic E-state index is 14.1. The van der Waals surface area contributed by atoms with Crippen molar-refractivity contribution in [3.63, 3.8) is 0 Å². The number of nitrogens with one attached hydrogen (secondary N) is 1. The van der Waals surface area contributed by atoms with Gasteiger partial charge in [0.05, 0.1) is 18.6 Å². The van der Waals surface area contributed by atoms with Crippen LogP contribution in [-0.2, 0) is 32.6 Å². The van der Waals surface area contributed by atoms with Crippen LogP contribution >= 0.6 is 11.6 Å². The molecule has 0 fully saturated rings. The number of amides is 2. The second kappa shape index (κ2) is 14.2. The van der Waals surface area contributed by atoms with E-state index in [0.29, 0.717) is 22.9 Å². The molecule has 0 aliphatic rings. The number of rotatable bonds is 13. The molecule has 0 saturated carbocycles. The third-order valence-corrected chi connectivity index (χ3v) is 7.61. The zero-order chi connectivity index (χ0) is 29.3. The average Bonchev–Trinajstić information content (AvgIpc) is 2.90. The molecule has 0 aliphatic carbocycles. The van der Waals surface area contributed by atoms with Gasteiger partial charge in [-0.25, -0.2) is 8.42 Å². The number of sulfonamides is 1. The van der Waals surface area contributed by atoms with E-state index in [1.165, 1.54) is 4.90 Å². The van der Waals surface area contributed by atoms with E-state index < -0.39 is 28.5 Å². The zero-order valence-corrected chi connectivity index (χ0v) is 24.8. The quantitative estimate of drug-likeness (QED) is 0.314. The molecule has 3 aromatic carbocycles. The highest BCUT2D eigenvalue weighted by Gasteiger charge is 2.34. The van der Waals surface area contributed by atoms with Crippen LogP contribution < -0.4 is 14.4 Å². The largest absolute Gasteiger partial charge is 0.492 e. The van der Waals surface area contributed by atoms with E-state index in [0.717, 1.165) is 16.1 Å². The maximum Gasteiger partial charge on any atom is 0.244 e. The molecule has 3 rings (SSSR count). The molecule has 0 bridgehead atoms. The van der Waals surface area contributed by atoms with E-state index in [-0.39, 0.29) is 30.6 Å². The van der Waals surface area contributed by atoms with E-state index in [4.69, 9.17) is 16.3 Å². The van der Waals surface area contributed by atoms with Crippen molar-refractivity contribution in [2.45, 2.75) is 45.8 Å². The normalized spacial score (nSPS) is 12.1. The van der Waals surface area contributed by atoms with Gasteiger partial charge < -0.3 is 15.0 Å². The number of para-hydroxylation sites is 2. The van der Waals surface area contributed by atoms with Crippen molar-refractivity contribution in [1.82, 2.24) is 10.2 Å². The van der Waals surface area contributed by atoms with Gasteiger partial charge in [-0.2, -0.15) is 0 Å². The summed E-state index contributed by atoms with van der Waals surface area (Å²) in [6.07, 6.45) is 1.26. The Balaban J connectivity index is 2.09. The topological polar surface area (TPSA) is 96.0 Å². The number of carbonyl (C=O) groups is 2. The maximum absolute atomic E-state index is 14.1. The molecule has 0 spiro atoms. The third-order valence-electron chi connectivity index (χ3n) is 6.11. The standard InChI is InChI=1S/C30H36ClN3O5S/c1-5-39-28-18-12-11-17-26(28)34(40(4,37)38)21-29(35)33(20-24-15-9-10-16-25(24)31)27(30(36)32-22(2)3)19-23-13-7-6-8-14-23/h6-18,22,27H,5,19-21H2,1-4H3,(H,32,36)/t27-/m1/s1. The van der Waals surface area contributed by atoms with Gasteiger partial charge in [0.15, 0.2) is 0 Å². The first kappa shape index (κ1) is 31.0. The van der Waals surface area contributed by atoms with Crippen molar-refractivity contribution < 1.29 is 22.7 Å². The Morgan fingerprint density at radius 1 is 0.950 bits per heavy atom. The van der Waals surface area contributed by atoms with Gasteiger partial charge in [0.1, 0.15) is 18.3 Å². The van der Waals surface area contributed by atoms with Crippen molar-refractivity contribution in [3.8, 4) is 5.75 Å². The predicted octanol–water partition coefficient (Wildman–Crippen LogP) is 4.67. The van der Waals surface area contributed by atoms with Gasteiger partial charge in [0.2, 0.25) is 21.8 Å². The lowest BCUT2D eigenvalue weighted by atomic mass is 10.0. The van der Waals surface area contributed by atoms with Crippen LogP contribution in [-0.4, -0.2) is 56.6 Å². The molecular weight excluding hydrogens is 550 g/mol. The lowest BCUT2D eigenvalue weighted by molar-refractivity contribution is -0.140. The van der Waals surface area contributed by atoms with E-state index in [2.05, 4.69) is 5.32 Å². The summed E-state index contributed by atoms with van der Waals surface area (Å²) in [6.45, 7) is 5.26. The average molecular weight is 586 g/mol. The van der Waals surface area contributed by atoms with Gasteiger partial charge in [-0.15, -0.1) is 0 Å². The van der Waals surface area contributed by atoms with Crippen LogP contribution in [0.1, 0.15) is 31.9 Å². The molecule has 40 heavy (non-hydrogen) atoms. The molecule has 2 amide bonds. The molecular formula is C30H36ClN3O5S. The molecule has 0 aromatic heterocycles. The molecule has 0 unspecified atom stereocenters. The fraction of sp³-hybridized carbons (Fsp3) is 0.333. The number of halogens is 1. The third kappa shape index (κ3) is 8.47. The van der Waals surface area contributed by atoms with Crippen molar-refractivity contribution in [2.24, 2.45) is 0 Å². The lowest BCUT2D eigenvalue weighted by Gasteiger charge is -2.34. The minimum absolute atomic E-state index is 0.00618. The number of ether oxygens (including phenoxy) is 1. The number of carbonyl (C=O) groups excluding carboxylic acids is 2. The van der Waals surface area contributed by atoms with Gasteiger partial charge in [0.25, 0.3) is 0 Å². The molecule has 214 valence electrons. The van der Waals surface area contributed by atoms with Crippen molar-refractivity contribution >= 4 is 39.1 Å². The summed E-state index contributed by atoms with van der Waals surface area (Å²) >= 11 is 6.47. The van der Waals surface area contributed by atoms with Gasteiger partial charge >= 0.3 is 0 Å². The van der Waals surface area contributed by atoms with Crippen LogP contribution in [0.3, 0.4) is 0 Å². The number of anilines is 1. The van der Waals surface area contributed by atoms with Gasteiger partial charge in [-0.3, -0.25) is 13.9 Å². The molecule has 0 radical (unpaired) electrons. The Kier molecular flexibility index (Phi) is 11.0. The monoisotopic (exact) mass is 585 g/mol. The number of nitrogens with zero attached hydrogens (tertiary/aromatic N) is 2. The fourth-order valence-electron chi connectivity index (χ4n) is 4.28. The first-order valence-corrected chi connectivity index (χ1v) is 15.3. The van der Waals surface area contributed by atoms with Gasteiger partial charge in [0, 0.05) is 24.0 Å². The minimum atomic E-state index is -3.91. The Morgan fingerprint density at radius 3 is 2.20 bits per heavy atom. The van der Waals surface area contributed by atoms with Crippen LogP contribution in [0, 0.1) is 0 Å². The number of hydrogen-bond donors (Lipinski definition) is 1. The first-order chi connectivity index (χ1) is 19.0. The van der Waals surface area contributed by atoms with Crippen LogP contribution in [0.15, 0.2) is 78.9 Å². The lowest BCUT2D eigenvalue weighted by Crippen LogP contribution is -2.54. The Morgan fingerprint density at radius 2 is 1.57 bits per heavy atom. The Hall–Kier alpha value is -3.56. The molecule has 0 heterocycles. The minimum Gasteiger partial charge on any atom is -0.492 e. The Bertz CT molecular complexity index is 1400. The summed E-state index contributed by atoms with van der Waals surface area (Å²) in [6, 6.07) is 22.0. The highest BCUT2D eigenvalue weighted by Crippen LogP contribution is 2.30.